The molecule has 0 saturated carbocycles. The number of aromatic nitrogens is 1. The van der Waals surface area contributed by atoms with Crippen molar-refractivity contribution in [3.05, 3.63) is 90.1 Å². The van der Waals surface area contributed by atoms with Crippen molar-refractivity contribution in [3.8, 4) is 22.4 Å². The number of para-hydroxylation sites is 2. The van der Waals surface area contributed by atoms with Crippen LogP contribution in [-0.2, 0) is 0 Å². The van der Waals surface area contributed by atoms with Gasteiger partial charge in [0.25, 0.3) is 0 Å². The Hall–Kier alpha value is -3.39. The van der Waals surface area contributed by atoms with Crippen LogP contribution in [0, 0.1) is 0 Å². The fraction of sp³-hybridized carbons (Fsp3) is 0.207. The van der Waals surface area contributed by atoms with E-state index in [-0.39, 0.29) is 0 Å². The molecule has 0 aliphatic heterocycles. The fourth-order valence-electron chi connectivity index (χ4n) is 4.38. The average molecular weight is 408 g/mol. The van der Waals surface area contributed by atoms with Crippen molar-refractivity contribution in [2.45, 2.75) is 39.5 Å². The molecule has 2 heteroatoms. The Bertz CT molecular complexity index is 1450. The molecule has 0 unspecified atom stereocenters. The zero-order valence-electron chi connectivity index (χ0n) is 20.4. The van der Waals surface area contributed by atoms with Crippen molar-refractivity contribution in [2.24, 2.45) is 0 Å². The van der Waals surface area contributed by atoms with Crippen molar-refractivity contribution in [1.29, 1.82) is 0 Å². The van der Waals surface area contributed by atoms with E-state index in [2.05, 4.69) is 23.2 Å². The number of nitrogens with zero attached hydrogens (tertiary/aromatic N) is 1. The van der Waals surface area contributed by atoms with E-state index >= 15 is 0 Å². The number of fused-ring (bicyclic) bond motifs is 3. The maximum atomic E-state index is 8.76. The van der Waals surface area contributed by atoms with Gasteiger partial charge in [0.2, 0.25) is 0 Å². The van der Waals surface area contributed by atoms with Crippen LogP contribution < -0.4 is 0 Å². The van der Waals surface area contributed by atoms with E-state index in [1.165, 1.54) is 0 Å². The molecule has 0 radical (unpaired) electrons. The molecule has 2 aromatic heterocycles. The molecule has 0 saturated heterocycles. The number of hydrogen-bond acceptors (Lipinski definition) is 2. The first kappa shape index (κ1) is 17.3. The minimum atomic E-state index is -0.807. The lowest BCUT2D eigenvalue weighted by Gasteiger charge is -2.20. The SMILES string of the molecule is [2H]C(C)(C)c1cccc(C([2H])(C)C)c1-c1ccnc(-c2cccc3c2oc2ccccc23)c1. The molecule has 0 aliphatic carbocycles. The van der Waals surface area contributed by atoms with E-state index in [4.69, 9.17) is 7.16 Å². The predicted molar refractivity (Wildman–Crippen MR) is 131 cm³/mol. The Labute approximate surface area is 186 Å². The largest absolute Gasteiger partial charge is 0.455 e. The summed E-state index contributed by atoms with van der Waals surface area (Å²) in [7, 11) is 0. The second-order valence-electron chi connectivity index (χ2n) is 8.44. The summed E-state index contributed by atoms with van der Waals surface area (Å²) in [6.07, 6.45) is 1.81. The molecule has 0 N–H and O–H groups in total. The van der Waals surface area contributed by atoms with Crippen LogP contribution in [-0.4, -0.2) is 4.98 Å². The van der Waals surface area contributed by atoms with E-state index in [1.54, 1.807) is 6.20 Å². The molecular formula is C29H27NO. The highest BCUT2D eigenvalue weighted by Crippen LogP contribution is 2.39. The first-order valence-electron chi connectivity index (χ1n) is 11.7. The highest BCUT2D eigenvalue weighted by atomic mass is 16.3. The lowest BCUT2D eigenvalue weighted by Crippen LogP contribution is -2.00. The molecule has 0 bridgehead atoms. The van der Waals surface area contributed by atoms with Gasteiger partial charge in [-0.1, -0.05) is 76.2 Å². The van der Waals surface area contributed by atoms with Crippen LogP contribution in [0.15, 0.2) is 83.4 Å². The number of hydrogen-bond donors (Lipinski definition) is 0. The average Bonchev–Trinajstić information content (AvgIpc) is 3.16. The first-order chi connectivity index (χ1) is 15.6. The highest BCUT2D eigenvalue weighted by molar-refractivity contribution is 6.09. The molecule has 0 fully saturated rings. The van der Waals surface area contributed by atoms with Crippen LogP contribution in [0.2, 0.25) is 0 Å². The summed E-state index contributed by atoms with van der Waals surface area (Å²) >= 11 is 0. The van der Waals surface area contributed by atoms with E-state index in [1.807, 2.05) is 82.3 Å². The molecule has 2 heterocycles. The Morgan fingerprint density at radius 3 is 2.19 bits per heavy atom. The Morgan fingerprint density at radius 2 is 1.45 bits per heavy atom. The smallest absolute Gasteiger partial charge is 0.144 e. The van der Waals surface area contributed by atoms with Gasteiger partial charge < -0.3 is 4.42 Å². The minimum Gasteiger partial charge on any atom is -0.455 e. The van der Waals surface area contributed by atoms with Gasteiger partial charge in [-0.25, -0.2) is 0 Å². The maximum Gasteiger partial charge on any atom is 0.144 e. The molecule has 2 nitrogen and oxygen atoms in total. The summed E-state index contributed by atoms with van der Waals surface area (Å²) in [5.74, 6) is -1.61. The summed E-state index contributed by atoms with van der Waals surface area (Å²) in [5, 5.41) is 2.15. The van der Waals surface area contributed by atoms with E-state index in [0.29, 0.717) is 0 Å². The minimum absolute atomic E-state index is 0.807. The molecule has 0 amide bonds. The van der Waals surface area contributed by atoms with Gasteiger partial charge in [-0.15, -0.1) is 0 Å². The van der Waals surface area contributed by atoms with Crippen LogP contribution >= 0.6 is 0 Å². The van der Waals surface area contributed by atoms with Crippen LogP contribution in [0.3, 0.4) is 0 Å². The van der Waals surface area contributed by atoms with E-state index in [0.717, 1.165) is 55.4 Å². The third-order valence-corrected chi connectivity index (χ3v) is 5.87. The van der Waals surface area contributed by atoms with Crippen LogP contribution in [0.1, 0.15) is 53.4 Å². The maximum absolute atomic E-state index is 8.76. The zero-order valence-corrected chi connectivity index (χ0v) is 18.4. The summed E-state index contributed by atoms with van der Waals surface area (Å²) in [5.41, 5.74) is 7.12. The van der Waals surface area contributed by atoms with E-state index < -0.39 is 11.8 Å². The first-order valence-corrected chi connectivity index (χ1v) is 10.7. The van der Waals surface area contributed by atoms with Gasteiger partial charge >= 0.3 is 0 Å². The van der Waals surface area contributed by atoms with Gasteiger partial charge in [0.05, 0.1) is 5.69 Å². The second kappa shape index (κ2) is 7.70. The van der Waals surface area contributed by atoms with Crippen molar-refractivity contribution in [1.82, 2.24) is 4.98 Å². The van der Waals surface area contributed by atoms with Crippen LogP contribution in [0.4, 0.5) is 0 Å². The molecule has 3 aromatic carbocycles. The van der Waals surface area contributed by atoms with Crippen LogP contribution in [0.25, 0.3) is 44.3 Å². The van der Waals surface area contributed by atoms with Crippen molar-refractivity contribution in [2.75, 3.05) is 0 Å². The van der Waals surface area contributed by atoms with Gasteiger partial charge in [-0.3, -0.25) is 4.98 Å². The van der Waals surface area contributed by atoms with Gasteiger partial charge in [-0.2, -0.15) is 0 Å². The number of furan rings is 1. The standard InChI is InChI=1S/C29H27NO/c1-18(2)21-10-7-11-22(19(3)4)28(21)20-15-16-30-26(17-20)25-13-8-12-24-23-9-5-6-14-27(23)31-29(24)25/h5-19H,1-4H3/i18D,19D. The fourth-order valence-corrected chi connectivity index (χ4v) is 4.38. The molecular weight excluding hydrogens is 378 g/mol. The van der Waals surface area contributed by atoms with Gasteiger partial charge in [0, 0.05) is 25.3 Å². The predicted octanol–water partition coefficient (Wildman–Crippen LogP) is 8.56. The van der Waals surface area contributed by atoms with Gasteiger partial charge in [-0.05, 0) is 58.3 Å². The van der Waals surface area contributed by atoms with Gasteiger partial charge in [0.1, 0.15) is 11.2 Å². The van der Waals surface area contributed by atoms with Gasteiger partial charge in [0.15, 0.2) is 0 Å². The highest BCUT2D eigenvalue weighted by Gasteiger charge is 2.17. The summed E-state index contributed by atoms with van der Waals surface area (Å²) in [6.45, 7) is 7.57. The van der Waals surface area contributed by atoms with Crippen molar-refractivity contribution in [3.63, 3.8) is 0 Å². The molecule has 5 aromatic rings. The summed E-state index contributed by atoms with van der Waals surface area (Å²) in [4.78, 5) is 4.69. The Kier molecular flexibility index (Phi) is 4.30. The third-order valence-electron chi connectivity index (χ3n) is 5.87. The second-order valence-corrected chi connectivity index (χ2v) is 8.44. The molecule has 154 valence electrons. The number of rotatable bonds is 4. The summed E-state index contributed by atoms with van der Waals surface area (Å²) in [6, 6.07) is 24.2. The van der Waals surface area contributed by atoms with Crippen LogP contribution in [0.5, 0.6) is 0 Å². The third kappa shape index (κ3) is 3.33. The normalized spacial score (nSPS) is 13.4. The quantitative estimate of drug-likeness (QED) is 0.298. The van der Waals surface area contributed by atoms with Crippen molar-refractivity contribution < 1.29 is 7.16 Å². The Balaban J connectivity index is 1.76. The zero-order chi connectivity index (χ0) is 23.4. The molecule has 0 aliphatic rings. The van der Waals surface area contributed by atoms with Crippen molar-refractivity contribution >= 4 is 21.9 Å². The lowest BCUT2D eigenvalue weighted by atomic mass is 9.85. The molecule has 31 heavy (non-hydrogen) atoms. The molecule has 0 spiro atoms. The Morgan fingerprint density at radius 1 is 0.774 bits per heavy atom. The topological polar surface area (TPSA) is 26.0 Å². The van der Waals surface area contributed by atoms with E-state index in [9.17, 15) is 0 Å². The summed E-state index contributed by atoms with van der Waals surface area (Å²) < 4.78 is 23.8. The molecule has 5 rings (SSSR count). The molecule has 0 atom stereocenters. The number of pyridine rings is 1. The monoisotopic (exact) mass is 407 g/mol. The lowest BCUT2D eigenvalue weighted by molar-refractivity contribution is 0.670. The number of benzene rings is 3.